The zero-order valence-corrected chi connectivity index (χ0v) is 18.1. The standard InChI is InChI=1S/C23H28N4O2S/c1-2-3-17-6-9-19-20(24)21(30-23(19)26-17)22(28)25-11-10-16-4-7-18(8-5-16)27-12-14-29-15-13-27/h4-9H,2-3,10-15,24H2,1H3,(H,25,28). The number of anilines is 2. The number of carbonyl (C=O) groups excluding carboxylic acids is 1. The average Bonchev–Trinajstić information content (AvgIpc) is 3.11. The van der Waals surface area contributed by atoms with Gasteiger partial charge >= 0.3 is 0 Å². The van der Waals surface area contributed by atoms with Gasteiger partial charge in [-0.25, -0.2) is 4.98 Å². The predicted octanol–water partition coefficient (Wildman–Crippen LogP) is 3.64. The van der Waals surface area contributed by atoms with Gasteiger partial charge < -0.3 is 20.7 Å². The summed E-state index contributed by atoms with van der Waals surface area (Å²) in [6, 6.07) is 12.5. The Bertz CT molecular complexity index is 1010. The van der Waals surface area contributed by atoms with Crippen LogP contribution in [0.4, 0.5) is 11.4 Å². The largest absolute Gasteiger partial charge is 0.397 e. The Kier molecular flexibility index (Phi) is 6.50. The molecular formula is C23H28N4O2S. The van der Waals surface area contributed by atoms with Crippen molar-refractivity contribution in [1.82, 2.24) is 10.3 Å². The number of morpholine rings is 1. The van der Waals surface area contributed by atoms with E-state index in [9.17, 15) is 4.79 Å². The van der Waals surface area contributed by atoms with Crippen LogP contribution in [0.3, 0.4) is 0 Å². The number of aromatic nitrogens is 1. The van der Waals surface area contributed by atoms with Gasteiger partial charge in [-0.1, -0.05) is 25.5 Å². The van der Waals surface area contributed by atoms with Crippen molar-refractivity contribution in [3.8, 4) is 0 Å². The Morgan fingerprint density at radius 1 is 1.17 bits per heavy atom. The average molecular weight is 425 g/mol. The topological polar surface area (TPSA) is 80.5 Å². The van der Waals surface area contributed by atoms with Crippen LogP contribution in [-0.2, 0) is 17.6 Å². The number of nitrogens with zero attached hydrogens (tertiary/aromatic N) is 2. The van der Waals surface area contributed by atoms with E-state index in [4.69, 9.17) is 10.5 Å². The first-order valence-corrected chi connectivity index (χ1v) is 11.3. The molecular weight excluding hydrogens is 396 g/mol. The molecule has 1 amide bonds. The summed E-state index contributed by atoms with van der Waals surface area (Å²) in [6.45, 7) is 6.12. The number of fused-ring (bicyclic) bond motifs is 1. The summed E-state index contributed by atoms with van der Waals surface area (Å²) in [5.41, 5.74) is 10.2. The van der Waals surface area contributed by atoms with Crippen LogP contribution in [0.5, 0.6) is 0 Å². The Labute approximate surface area is 181 Å². The third kappa shape index (κ3) is 4.57. The summed E-state index contributed by atoms with van der Waals surface area (Å²) >= 11 is 1.37. The molecule has 1 aromatic carbocycles. The lowest BCUT2D eigenvalue weighted by Gasteiger charge is -2.28. The summed E-state index contributed by atoms with van der Waals surface area (Å²) in [5, 5.41) is 3.87. The van der Waals surface area contributed by atoms with Crippen LogP contribution in [0.15, 0.2) is 36.4 Å². The molecule has 3 heterocycles. The molecule has 1 fully saturated rings. The van der Waals surface area contributed by atoms with Crippen LogP contribution < -0.4 is 16.0 Å². The normalized spacial score (nSPS) is 14.2. The van der Waals surface area contributed by atoms with Gasteiger partial charge in [0.2, 0.25) is 0 Å². The molecule has 3 N–H and O–H groups in total. The number of hydrogen-bond donors (Lipinski definition) is 2. The molecule has 1 saturated heterocycles. The third-order valence-electron chi connectivity index (χ3n) is 5.38. The van der Waals surface area contributed by atoms with Gasteiger partial charge in [-0.05, 0) is 42.7 Å². The molecule has 0 saturated carbocycles. The zero-order valence-electron chi connectivity index (χ0n) is 17.3. The van der Waals surface area contributed by atoms with Crippen molar-refractivity contribution in [3.05, 3.63) is 52.5 Å². The quantitative estimate of drug-likeness (QED) is 0.605. The van der Waals surface area contributed by atoms with E-state index < -0.39 is 0 Å². The Morgan fingerprint density at radius 2 is 1.93 bits per heavy atom. The minimum atomic E-state index is -0.127. The van der Waals surface area contributed by atoms with Gasteiger partial charge in [0.05, 0.1) is 18.9 Å². The number of hydrogen-bond acceptors (Lipinski definition) is 6. The fourth-order valence-corrected chi connectivity index (χ4v) is 4.72. The first kappa shape index (κ1) is 20.6. The number of ether oxygens (including phenoxy) is 1. The Balaban J connectivity index is 1.35. The van der Waals surface area contributed by atoms with E-state index >= 15 is 0 Å². The molecule has 0 unspecified atom stereocenters. The molecule has 4 rings (SSSR count). The number of aryl methyl sites for hydroxylation is 1. The van der Waals surface area contributed by atoms with Gasteiger partial charge in [-0.3, -0.25) is 4.79 Å². The van der Waals surface area contributed by atoms with Gasteiger partial charge in [0, 0.05) is 36.4 Å². The van der Waals surface area contributed by atoms with Crippen molar-refractivity contribution in [2.24, 2.45) is 0 Å². The highest BCUT2D eigenvalue weighted by Gasteiger charge is 2.17. The second-order valence-electron chi connectivity index (χ2n) is 7.52. The van der Waals surface area contributed by atoms with Gasteiger partial charge in [0.25, 0.3) is 5.91 Å². The van der Waals surface area contributed by atoms with Crippen molar-refractivity contribution in [2.45, 2.75) is 26.2 Å². The van der Waals surface area contributed by atoms with Crippen molar-refractivity contribution >= 4 is 38.8 Å². The van der Waals surface area contributed by atoms with Gasteiger partial charge in [-0.15, -0.1) is 11.3 Å². The van der Waals surface area contributed by atoms with E-state index in [-0.39, 0.29) is 5.91 Å². The lowest BCUT2D eigenvalue weighted by atomic mass is 10.1. The van der Waals surface area contributed by atoms with E-state index in [1.165, 1.54) is 22.6 Å². The molecule has 0 aliphatic carbocycles. The molecule has 6 nitrogen and oxygen atoms in total. The van der Waals surface area contributed by atoms with E-state index in [0.29, 0.717) is 17.1 Å². The van der Waals surface area contributed by atoms with E-state index in [0.717, 1.165) is 61.5 Å². The molecule has 0 spiro atoms. The Morgan fingerprint density at radius 3 is 2.67 bits per heavy atom. The highest BCUT2D eigenvalue weighted by molar-refractivity contribution is 7.21. The van der Waals surface area contributed by atoms with Crippen LogP contribution in [0.2, 0.25) is 0 Å². The van der Waals surface area contributed by atoms with Gasteiger partial charge in [0.1, 0.15) is 9.71 Å². The maximum atomic E-state index is 12.7. The van der Waals surface area contributed by atoms with Crippen molar-refractivity contribution in [3.63, 3.8) is 0 Å². The van der Waals surface area contributed by atoms with E-state index in [2.05, 4.69) is 46.4 Å². The van der Waals surface area contributed by atoms with Crippen molar-refractivity contribution < 1.29 is 9.53 Å². The molecule has 0 atom stereocenters. The lowest BCUT2D eigenvalue weighted by Crippen LogP contribution is -2.36. The Hall–Kier alpha value is -2.64. The van der Waals surface area contributed by atoms with Crippen LogP contribution in [0.1, 0.15) is 34.3 Å². The number of amides is 1. The number of nitrogen functional groups attached to an aromatic ring is 1. The molecule has 1 aliphatic rings. The smallest absolute Gasteiger partial charge is 0.263 e. The first-order valence-electron chi connectivity index (χ1n) is 10.5. The second kappa shape index (κ2) is 9.45. The molecule has 3 aromatic rings. The number of carbonyl (C=O) groups is 1. The third-order valence-corrected chi connectivity index (χ3v) is 6.49. The number of pyridine rings is 1. The lowest BCUT2D eigenvalue weighted by molar-refractivity contribution is 0.0959. The molecule has 0 bridgehead atoms. The summed E-state index contributed by atoms with van der Waals surface area (Å²) in [4.78, 5) is 21.0. The molecule has 0 radical (unpaired) electrons. The minimum Gasteiger partial charge on any atom is -0.397 e. The SMILES string of the molecule is CCCc1ccc2c(N)c(C(=O)NCCc3ccc(N4CCOCC4)cc3)sc2n1. The van der Waals surface area contributed by atoms with Crippen molar-refractivity contribution in [2.75, 3.05) is 43.5 Å². The number of thiophene rings is 1. The molecule has 1 aliphatic heterocycles. The van der Waals surface area contributed by atoms with Crippen LogP contribution in [-0.4, -0.2) is 43.7 Å². The minimum absolute atomic E-state index is 0.127. The van der Waals surface area contributed by atoms with Crippen LogP contribution >= 0.6 is 11.3 Å². The highest BCUT2D eigenvalue weighted by atomic mass is 32.1. The van der Waals surface area contributed by atoms with Gasteiger partial charge in [0.15, 0.2) is 0 Å². The number of rotatable bonds is 7. The molecule has 158 valence electrons. The first-order chi connectivity index (χ1) is 14.7. The summed E-state index contributed by atoms with van der Waals surface area (Å²) in [7, 11) is 0. The molecule has 7 heteroatoms. The van der Waals surface area contributed by atoms with Crippen molar-refractivity contribution in [1.29, 1.82) is 0 Å². The second-order valence-corrected chi connectivity index (χ2v) is 8.52. The summed E-state index contributed by atoms with van der Waals surface area (Å²) < 4.78 is 5.41. The number of nitrogens with one attached hydrogen (secondary N) is 1. The maximum Gasteiger partial charge on any atom is 0.263 e. The molecule has 2 aromatic heterocycles. The van der Waals surface area contributed by atoms with Crippen LogP contribution in [0, 0.1) is 0 Å². The van der Waals surface area contributed by atoms with E-state index in [1.807, 2.05) is 12.1 Å². The highest BCUT2D eigenvalue weighted by Crippen LogP contribution is 2.32. The fraction of sp³-hybridized carbons (Fsp3) is 0.391. The van der Waals surface area contributed by atoms with E-state index in [1.54, 1.807) is 0 Å². The summed E-state index contributed by atoms with van der Waals surface area (Å²) in [5.74, 6) is -0.127. The number of nitrogens with two attached hydrogens (primary N) is 1. The summed E-state index contributed by atoms with van der Waals surface area (Å²) in [6.07, 6.45) is 2.75. The number of benzene rings is 1. The maximum absolute atomic E-state index is 12.7. The molecule has 30 heavy (non-hydrogen) atoms. The van der Waals surface area contributed by atoms with Gasteiger partial charge in [-0.2, -0.15) is 0 Å². The van der Waals surface area contributed by atoms with Crippen LogP contribution in [0.25, 0.3) is 10.2 Å². The fourth-order valence-electron chi connectivity index (χ4n) is 3.70. The zero-order chi connectivity index (χ0) is 20.9. The predicted molar refractivity (Wildman–Crippen MR) is 124 cm³/mol. The monoisotopic (exact) mass is 424 g/mol.